The van der Waals surface area contributed by atoms with Gasteiger partial charge in [-0.05, 0) is 37.1 Å². The van der Waals surface area contributed by atoms with Crippen molar-refractivity contribution < 1.29 is 18.1 Å². The van der Waals surface area contributed by atoms with E-state index in [1.807, 2.05) is 18.2 Å². The van der Waals surface area contributed by atoms with Crippen LogP contribution in [-0.2, 0) is 14.8 Å². The number of sulfonamides is 1. The van der Waals surface area contributed by atoms with Gasteiger partial charge >= 0.3 is 0 Å². The SMILES string of the molecule is CCCCCCCCC(CCC(=O)Nc1ccccc1)NS(=O)(=O)c1ccc([N+](=O)[O-])cc1. The van der Waals surface area contributed by atoms with Gasteiger partial charge in [0.25, 0.3) is 5.69 Å². The van der Waals surface area contributed by atoms with E-state index in [4.69, 9.17) is 0 Å². The molecule has 1 amide bonds. The number of para-hydroxylation sites is 1. The first kappa shape index (κ1) is 26.5. The molecule has 1 unspecified atom stereocenters. The predicted octanol–water partition coefficient (Wildman–Crippen LogP) is 5.41. The average molecular weight is 476 g/mol. The zero-order valence-electron chi connectivity index (χ0n) is 19.0. The lowest BCUT2D eigenvalue weighted by atomic mass is 10.0. The van der Waals surface area contributed by atoms with Crippen molar-refractivity contribution in [3.8, 4) is 0 Å². The minimum absolute atomic E-state index is 0.0326. The van der Waals surface area contributed by atoms with E-state index >= 15 is 0 Å². The highest BCUT2D eigenvalue weighted by Crippen LogP contribution is 2.19. The third-order valence-corrected chi connectivity index (χ3v) is 6.90. The molecule has 0 radical (unpaired) electrons. The molecule has 2 aromatic carbocycles. The van der Waals surface area contributed by atoms with E-state index in [1.165, 1.54) is 30.7 Å². The van der Waals surface area contributed by atoms with Crippen molar-refractivity contribution >= 4 is 27.3 Å². The summed E-state index contributed by atoms with van der Waals surface area (Å²) in [5.41, 5.74) is 0.525. The Balaban J connectivity index is 1.99. The van der Waals surface area contributed by atoms with Crippen LogP contribution in [0, 0.1) is 10.1 Å². The second-order valence-electron chi connectivity index (χ2n) is 8.08. The number of anilines is 1. The van der Waals surface area contributed by atoms with Crippen LogP contribution < -0.4 is 10.0 Å². The predicted molar refractivity (Wildman–Crippen MR) is 130 cm³/mol. The lowest BCUT2D eigenvalue weighted by Crippen LogP contribution is -2.35. The van der Waals surface area contributed by atoms with Gasteiger partial charge in [-0.1, -0.05) is 63.6 Å². The molecule has 2 N–H and O–H groups in total. The van der Waals surface area contributed by atoms with Crippen LogP contribution in [0.5, 0.6) is 0 Å². The van der Waals surface area contributed by atoms with Gasteiger partial charge in [-0.3, -0.25) is 14.9 Å². The van der Waals surface area contributed by atoms with Gasteiger partial charge in [-0.2, -0.15) is 0 Å². The number of hydrogen-bond donors (Lipinski definition) is 2. The van der Waals surface area contributed by atoms with Gasteiger partial charge in [0, 0.05) is 30.3 Å². The lowest BCUT2D eigenvalue weighted by molar-refractivity contribution is -0.384. The van der Waals surface area contributed by atoms with Crippen LogP contribution in [0.1, 0.15) is 64.7 Å². The Morgan fingerprint density at radius 1 is 0.939 bits per heavy atom. The van der Waals surface area contributed by atoms with E-state index in [1.54, 1.807) is 12.1 Å². The molecule has 1 atom stereocenters. The van der Waals surface area contributed by atoms with E-state index in [0.717, 1.165) is 32.1 Å². The molecule has 180 valence electrons. The number of nitro groups is 1. The molecule has 0 saturated heterocycles. The second-order valence-corrected chi connectivity index (χ2v) is 9.79. The van der Waals surface area contributed by atoms with Crippen LogP contribution in [0.2, 0.25) is 0 Å². The topological polar surface area (TPSA) is 118 Å². The van der Waals surface area contributed by atoms with Gasteiger partial charge < -0.3 is 5.32 Å². The summed E-state index contributed by atoms with van der Waals surface area (Å²) in [4.78, 5) is 22.6. The van der Waals surface area contributed by atoms with Gasteiger partial charge in [-0.15, -0.1) is 0 Å². The first-order chi connectivity index (χ1) is 15.8. The largest absolute Gasteiger partial charge is 0.326 e. The molecule has 0 bridgehead atoms. The van der Waals surface area contributed by atoms with Crippen molar-refractivity contribution in [3.63, 3.8) is 0 Å². The first-order valence-electron chi connectivity index (χ1n) is 11.4. The molecule has 0 aromatic heterocycles. The molecule has 0 aliphatic heterocycles. The van der Waals surface area contributed by atoms with Crippen LogP contribution in [0.25, 0.3) is 0 Å². The Kier molecular flexibility index (Phi) is 11.0. The highest BCUT2D eigenvalue weighted by Gasteiger charge is 2.21. The fourth-order valence-corrected chi connectivity index (χ4v) is 4.82. The summed E-state index contributed by atoms with van der Waals surface area (Å²) in [5.74, 6) is -0.177. The fraction of sp³-hybridized carbons (Fsp3) is 0.458. The average Bonchev–Trinajstić information content (AvgIpc) is 2.80. The van der Waals surface area contributed by atoms with Crippen molar-refractivity contribution in [2.24, 2.45) is 0 Å². The molecule has 0 aliphatic carbocycles. The van der Waals surface area contributed by atoms with E-state index in [9.17, 15) is 23.3 Å². The molecule has 0 fully saturated rings. The van der Waals surface area contributed by atoms with Crippen molar-refractivity contribution in [2.45, 2.75) is 75.6 Å². The molecule has 0 saturated carbocycles. The van der Waals surface area contributed by atoms with Gasteiger partial charge in [-0.25, -0.2) is 13.1 Å². The molecule has 2 aromatic rings. The number of hydrogen-bond acceptors (Lipinski definition) is 5. The Hall–Kier alpha value is -2.78. The summed E-state index contributed by atoms with van der Waals surface area (Å²) in [5, 5.41) is 13.7. The summed E-state index contributed by atoms with van der Waals surface area (Å²) in [6.07, 6.45) is 7.64. The Morgan fingerprint density at radius 2 is 1.58 bits per heavy atom. The molecular weight excluding hydrogens is 442 g/mol. The molecule has 0 aliphatic rings. The number of rotatable bonds is 15. The zero-order chi connectivity index (χ0) is 24.1. The fourth-order valence-electron chi connectivity index (χ4n) is 3.52. The smallest absolute Gasteiger partial charge is 0.269 e. The first-order valence-corrected chi connectivity index (χ1v) is 12.9. The van der Waals surface area contributed by atoms with Crippen LogP contribution in [0.15, 0.2) is 59.5 Å². The molecular formula is C24H33N3O5S. The summed E-state index contributed by atoms with van der Waals surface area (Å²) < 4.78 is 28.4. The van der Waals surface area contributed by atoms with E-state index in [2.05, 4.69) is 17.0 Å². The molecule has 2 rings (SSSR count). The number of non-ortho nitro benzene ring substituents is 1. The number of nitrogens with one attached hydrogen (secondary N) is 2. The summed E-state index contributed by atoms with van der Waals surface area (Å²) in [6, 6.07) is 13.5. The second kappa shape index (κ2) is 13.7. The maximum Gasteiger partial charge on any atom is 0.269 e. The van der Waals surface area contributed by atoms with Crippen LogP contribution >= 0.6 is 0 Å². The standard InChI is InChI=1S/C24H33N3O5S/c1-2-3-4-5-6-8-13-21(14-19-24(28)25-20-11-9-7-10-12-20)26-33(31,32)23-17-15-22(16-18-23)27(29)30/h7,9-12,15-18,21,26H,2-6,8,13-14,19H2,1H3,(H,25,28). The third kappa shape index (κ3) is 9.71. The van der Waals surface area contributed by atoms with Gasteiger partial charge in [0.2, 0.25) is 15.9 Å². The van der Waals surface area contributed by atoms with E-state index in [0.29, 0.717) is 18.5 Å². The summed E-state index contributed by atoms with van der Waals surface area (Å²) in [6.45, 7) is 2.16. The number of benzene rings is 2. The van der Waals surface area contributed by atoms with Gasteiger partial charge in [0.1, 0.15) is 0 Å². The maximum absolute atomic E-state index is 12.9. The molecule has 0 spiro atoms. The van der Waals surface area contributed by atoms with Crippen molar-refractivity contribution in [1.82, 2.24) is 4.72 Å². The van der Waals surface area contributed by atoms with Crippen molar-refractivity contribution in [1.29, 1.82) is 0 Å². The highest BCUT2D eigenvalue weighted by molar-refractivity contribution is 7.89. The number of carbonyl (C=O) groups excluding carboxylic acids is 1. The van der Waals surface area contributed by atoms with Gasteiger partial charge in [0.15, 0.2) is 0 Å². The normalized spacial score (nSPS) is 12.3. The van der Waals surface area contributed by atoms with Crippen molar-refractivity contribution in [3.05, 3.63) is 64.7 Å². The molecule has 33 heavy (non-hydrogen) atoms. The quantitative estimate of drug-likeness (QED) is 0.203. The van der Waals surface area contributed by atoms with E-state index in [-0.39, 0.29) is 22.9 Å². The Morgan fingerprint density at radius 3 is 2.21 bits per heavy atom. The Bertz CT molecular complexity index is 979. The summed E-state index contributed by atoms with van der Waals surface area (Å²) >= 11 is 0. The molecule has 8 nitrogen and oxygen atoms in total. The minimum Gasteiger partial charge on any atom is -0.326 e. The lowest BCUT2D eigenvalue weighted by Gasteiger charge is -2.19. The number of nitrogens with zero attached hydrogens (tertiary/aromatic N) is 1. The number of amides is 1. The van der Waals surface area contributed by atoms with Crippen LogP contribution in [-0.4, -0.2) is 25.3 Å². The van der Waals surface area contributed by atoms with Crippen LogP contribution in [0.4, 0.5) is 11.4 Å². The molecule has 9 heteroatoms. The monoisotopic (exact) mass is 475 g/mol. The minimum atomic E-state index is -3.86. The number of unbranched alkanes of at least 4 members (excludes halogenated alkanes) is 5. The third-order valence-electron chi connectivity index (χ3n) is 5.36. The van der Waals surface area contributed by atoms with E-state index < -0.39 is 21.0 Å². The number of nitro benzene ring substituents is 1. The highest BCUT2D eigenvalue weighted by atomic mass is 32.2. The van der Waals surface area contributed by atoms with Crippen molar-refractivity contribution in [2.75, 3.05) is 5.32 Å². The summed E-state index contributed by atoms with van der Waals surface area (Å²) in [7, 11) is -3.86. The van der Waals surface area contributed by atoms with Crippen LogP contribution in [0.3, 0.4) is 0 Å². The maximum atomic E-state index is 12.9. The van der Waals surface area contributed by atoms with Gasteiger partial charge in [0.05, 0.1) is 9.82 Å². The number of carbonyl (C=O) groups is 1. The Labute approximate surface area is 196 Å². The molecule has 0 heterocycles. The zero-order valence-corrected chi connectivity index (χ0v) is 19.9.